The predicted molar refractivity (Wildman–Crippen MR) is 164 cm³/mol. The first-order valence-corrected chi connectivity index (χ1v) is 14.5. The Hall–Kier alpha value is -1.10. The van der Waals surface area contributed by atoms with Crippen molar-refractivity contribution in [3.05, 3.63) is 0 Å². The lowest BCUT2D eigenvalue weighted by molar-refractivity contribution is 0.181. The Labute approximate surface area is 239 Å². The van der Waals surface area contributed by atoms with Gasteiger partial charge in [0.25, 0.3) is 0 Å². The van der Waals surface area contributed by atoms with Crippen LogP contribution in [0.3, 0.4) is 0 Å². The molecule has 0 aromatic carbocycles. The zero-order chi connectivity index (χ0) is 27.3. The van der Waals surface area contributed by atoms with Gasteiger partial charge in [0.05, 0.1) is 13.1 Å². The van der Waals surface area contributed by atoms with Crippen LogP contribution in [0.25, 0.3) is 0 Å². The number of carbonyl (C=O) groups excluding carboxylic acids is 2. The molecule has 2 aliphatic heterocycles. The maximum absolute atomic E-state index is 12.5. The summed E-state index contributed by atoms with van der Waals surface area (Å²) in [5.41, 5.74) is -0.141. The largest absolute Gasteiger partial charge is 0.325 e. The van der Waals surface area contributed by atoms with Crippen molar-refractivity contribution < 1.29 is 9.59 Å². The molecule has 2 saturated heterocycles. The van der Waals surface area contributed by atoms with E-state index in [0.29, 0.717) is 49.2 Å². The van der Waals surface area contributed by atoms with Crippen LogP contribution in [0.1, 0.15) is 80.1 Å². The molecule has 0 aromatic rings. The van der Waals surface area contributed by atoms with E-state index in [1.54, 1.807) is 19.6 Å². The molecular weight excluding hydrogens is 529 g/mol. The molecule has 0 spiro atoms. The van der Waals surface area contributed by atoms with Crippen molar-refractivity contribution in [1.29, 1.82) is 0 Å². The number of nitrogens with zero attached hydrogens (tertiary/aromatic N) is 4. The summed E-state index contributed by atoms with van der Waals surface area (Å²) in [6.45, 7) is 16.3. The van der Waals surface area contributed by atoms with Gasteiger partial charge in [-0.05, 0) is 72.9 Å². The maximum Gasteiger partial charge on any atom is 0.325 e. The monoisotopic (exact) mass is 570 g/mol. The topological polar surface area (TPSA) is 47.1 Å². The lowest BCUT2D eigenvalue weighted by atomic mass is 9.85. The van der Waals surface area contributed by atoms with E-state index in [1.807, 2.05) is 13.8 Å². The fourth-order valence-electron chi connectivity index (χ4n) is 4.49. The average molecular weight is 571 g/mol. The first kappa shape index (κ1) is 31.1. The van der Waals surface area contributed by atoms with Crippen LogP contribution in [0.4, 0.5) is 9.59 Å². The van der Waals surface area contributed by atoms with Gasteiger partial charge in [-0.2, -0.15) is 0 Å². The summed E-state index contributed by atoms with van der Waals surface area (Å²) in [5.74, 6) is 0. The Balaban J connectivity index is 1.72. The predicted octanol–water partition coefficient (Wildman–Crippen LogP) is 6.29. The van der Waals surface area contributed by atoms with Gasteiger partial charge >= 0.3 is 12.1 Å². The van der Waals surface area contributed by atoms with Gasteiger partial charge in [0, 0.05) is 26.2 Å². The van der Waals surface area contributed by atoms with E-state index in [9.17, 15) is 9.59 Å². The molecule has 0 aromatic heterocycles. The zero-order valence-electron chi connectivity index (χ0n) is 22.7. The summed E-state index contributed by atoms with van der Waals surface area (Å²) in [7, 11) is 0. The molecular formula is C26H42N4O2S4. The molecule has 2 heterocycles. The molecule has 0 saturated carbocycles. The summed E-state index contributed by atoms with van der Waals surface area (Å²) in [5, 5.41) is 0. The molecule has 0 atom stereocenters. The minimum atomic E-state index is -0.0704. The van der Waals surface area contributed by atoms with Crippen LogP contribution in [0.5, 0.6) is 0 Å². The third-order valence-corrected chi connectivity index (χ3v) is 8.55. The second-order valence-electron chi connectivity index (χ2n) is 11.5. The Bertz CT molecular complexity index is 830. The van der Waals surface area contributed by atoms with E-state index in [0.717, 1.165) is 48.3 Å². The number of urea groups is 2. The highest BCUT2D eigenvalue weighted by molar-refractivity contribution is 7.81. The lowest BCUT2D eigenvalue weighted by Crippen LogP contribution is -2.39. The molecule has 2 aliphatic rings. The fourth-order valence-corrected chi connectivity index (χ4v) is 5.50. The fraction of sp³-hybridized carbons (Fsp3) is 0.769. The molecule has 0 N–H and O–H groups in total. The van der Waals surface area contributed by atoms with E-state index in [2.05, 4.69) is 27.7 Å². The van der Waals surface area contributed by atoms with Crippen molar-refractivity contribution in [3.63, 3.8) is 0 Å². The number of likely N-dealkylation sites (N-methyl/N-ethyl adjacent to an activating group) is 2. The normalized spacial score (nSPS) is 17.2. The van der Waals surface area contributed by atoms with Gasteiger partial charge in [-0.15, -0.1) is 0 Å². The molecule has 6 nitrogen and oxygen atoms in total. The van der Waals surface area contributed by atoms with E-state index < -0.39 is 0 Å². The zero-order valence-corrected chi connectivity index (χ0v) is 26.0. The highest BCUT2D eigenvalue weighted by Gasteiger charge is 2.37. The Morgan fingerprint density at radius 1 is 0.694 bits per heavy atom. The second-order valence-corrected chi connectivity index (χ2v) is 13.6. The van der Waals surface area contributed by atoms with Gasteiger partial charge in [-0.25, -0.2) is 9.59 Å². The summed E-state index contributed by atoms with van der Waals surface area (Å²) in [4.78, 5) is 35.6. The quantitative estimate of drug-likeness (QED) is 0.216. The Morgan fingerprint density at radius 2 is 1.03 bits per heavy atom. The number of carbonyl (C=O) groups is 2. The number of thiocarbonyl (C=S) groups is 4. The van der Waals surface area contributed by atoms with Crippen molar-refractivity contribution in [2.45, 2.75) is 80.1 Å². The highest BCUT2D eigenvalue weighted by atomic mass is 32.1. The van der Waals surface area contributed by atoms with Crippen LogP contribution in [-0.2, 0) is 0 Å². The van der Waals surface area contributed by atoms with Crippen molar-refractivity contribution >= 4 is 80.6 Å². The standard InChI is InChI=1S/C26H42N4O2S4/c1-7-27-15-21(35)29(23(27)31)17-25(3,4)13-11-19(33)9-10-20(34)12-14-26(5,6)18-30-22(36)16-28(8-2)24(30)32/h7-18H2,1-6H3. The van der Waals surface area contributed by atoms with E-state index in [-0.39, 0.29) is 22.9 Å². The molecule has 4 amide bonds. The van der Waals surface area contributed by atoms with Crippen LogP contribution in [-0.4, -0.2) is 90.6 Å². The summed E-state index contributed by atoms with van der Waals surface area (Å²) >= 11 is 22.2. The summed E-state index contributed by atoms with van der Waals surface area (Å²) in [6.07, 6.45) is 5.12. The average Bonchev–Trinajstić information content (AvgIpc) is 3.23. The Kier molecular flexibility index (Phi) is 11.3. The van der Waals surface area contributed by atoms with Gasteiger partial charge in [0.2, 0.25) is 0 Å². The van der Waals surface area contributed by atoms with Crippen LogP contribution in [0.15, 0.2) is 0 Å². The van der Waals surface area contributed by atoms with Crippen LogP contribution in [0, 0.1) is 10.8 Å². The number of hydrogen-bond acceptors (Lipinski definition) is 6. The molecule has 0 unspecified atom stereocenters. The first-order chi connectivity index (χ1) is 16.7. The minimum absolute atomic E-state index is 0.0186. The molecule has 36 heavy (non-hydrogen) atoms. The molecule has 0 radical (unpaired) electrons. The third-order valence-electron chi connectivity index (χ3n) is 7.04. The molecule has 10 heteroatoms. The van der Waals surface area contributed by atoms with Crippen LogP contribution in [0.2, 0.25) is 0 Å². The van der Waals surface area contributed by atoms with Gasteiger partial charge < -0.3 is 9.80 Å². The summed E-state index contributed by atoms with van der Waals surface area (Å²) < 4.78 is 0. The van der Waals surface area contributed by atoms with Crippen LogP contribution < -0.4 is 0 Å². The van der Waals surface area contributed by atoms with E-state index in [4.69, 9.17) is 48.9 Å². The number of hydrogen-bond donors (Lipinski definition) is 0. The summed E-state index contributed by atoms with van der Waals surface area (Å²) in [6, 6.07) is 0.0371. The Morgan fingerprint density at radius 3 is 1.31 bits per heavy atom. The second kappa shape index (κ2) is 13.1. The molecule has 202 valence electrons. The van der Waals surface area contributed by atoms with Crippen molar-refractivity contribution in [1.82, 2.24) is 19.6 Å². The van der Waals surface area contributed by atoms with Crippen molar-refractivity contribution in [3.8, 4) is 0 Å². The highest BCUT2D eigenvalue weighted by Crippen LogP contribution is 2.29. The van der Waals surface area contributed by atoms with Gasteiger partial charge in [0.1, 0.15) is 9.98 Å². The van der Waals surface area contributed by atoms with E-state index >= 15 is 0 Å². The number of rotatable bonds is 15. The molecule has 2 fully saturated rings. The molecule has 2 rings (SSSR count). The van der Waals surface area contributed by atoms with Gasteiger partial charge in [-0.1, -0.05) is 76.6 Å². The van der Waals surface area contributed by atoms with E-state index in [1.165, 1.54) is 0 Å². The maximum atomic E-state index is 12.5. The third kappa shape index (κ3) is 8.74. The SMILES string of the molecule is CCN1CC(=S)N(CC(C)(C)CCC(=S)CCC(=S)CCC(C)(C)CN2C(=O)N(CC)CC2=S)C1=O. The number of amides is 4. The lowest BCUT2D eigenvalue weighted by Gasteiger charge is -2.30. The van der Waals surface area contributed by atoms with Crippen molar-refractivity contribution in [2.24, 2.45) is 10.8 Å². The van der Waals surface area contributed by atoms with Gasteiger partial charge in [-0.3, -0.25) is 9.80 Å². The molecule has 0 bridgehead atoms. The van der Waals surface area contributed by atoms with Crippen LogP contribution >= 0.6 is 48.9 Å². The van der Waals surface area contributed by atoms with Crippen molar-refractivity contribution in [2.75, 3.05) is 39.3 Å². The first-order valence-electron chi connectivity index (χ1n) is 12.9. The van der Waals surface area contributed by atoms with Gasteiger partial charge in [0.15, 0.2) is 0 Å². The smallest absolute Gasteiger partial charge is 0.318 e. The molecule has 0 aliphatic carbocycles. The minimum Gasteiger partial charge on any atom is -0.318 e.